The van der Waals surface area contributed by atoms with Gasteiger partial charge in [0.15, 0.2) is 0 Å². The Hall–Kier alpha value is -1.51. The summed E-state index contributed by atoms with van der Waals surface area (Å²) in [7, 11) is 0. The number of aryl methyl sites for hydroxylation is 1. The minimum Gasteiger partial charge on any atom is -0.466 e. The highest BCUT2D eigenvalue weighted by atomic mass is 16.5. The lowest BCUT2D eigenvalue weighted by Gasteiger charge is -2.14. The van der Waals surface area contributed by atoms with E-state index < -0.39 is 0 Å². The van der Waals surface area contributed by atoms with Crippen LogP contribution in [0.1, 0.15) is 32.8 Å². The van der Waals surface area contributed by atoms with Gasteiger partial charge in [0.25, 0.3) is 0 Å². The van der Waals surface area contributed by atoms with Gasteiger partial charge in [-0.15, -0.1) is 0 Å². The number of benzene rings is 1. The van der Waals surface area contributed by atoms with E-state index in [1.165, 1.54) is 5.56 Å². The van der Waals surface area contributed by atoms with Gasteiger partial charge in [-0.05, 0) is 38.0 Å². The molecule has 3 heteroatoms. The molecule has 1 atom stereocenters. The number of rotatable bonds is 6. The third kappa shape index (κ3) is 4.89. The number of esters is 1. The molecule has 0 fully saturated rings. The quantitative estimate of drug-likeness (QED) is 0.770. The van der Waals surface area contributed by atoms with E-state index in [1.807, 2.05) is 26.0 Å². The van der Waals surface area contributed by atoms with E-state index in [4.69, 9.17) is 4.74 Å². The maximum absolute atomic E-state index is 11.3. The first kappa shape index (κ1) is 13.6. The molecule has 0 aliphatic carbocycles. The summed E-state index contributed by atoms with van der Waals surface area (Å²) < 4.78 is 4.91. The van der Waals surface area contributed by atoms with Crippen molar-refractivity contribution < 1.29 is 9.53 Å². The van der Waals surface area contributed by atoms with Crippen LogP contribution in [0.3, 0.4) is 0 Å². The van der Waals surface area contributed by atoms with E-state index in [-0.39, 0.29) is 12.0 Å². The van der Waals surface area contributed by atoms with E-state index in [0.717, 1.165) is 12.1 Å². The summed E-state index contributed by atoms with van der Waals surface area (Å²) in [6.45, 7) is 6.37. The first-order chi connectivity index (χ1) is 8.15. The van der Waals surface area contributed by atoms with Crippen molar-refractivity contribution in [3.8, 4) is 0 Å². The Morgan fingerprint density at radius 2 is 1.94 bits per heavy atom. The van der Waals surface area contributed by atoms with Gasteiger partial charge in [-0.2, -0.15) is 0 Å². The van der Waals surface area contributed by atoms with Crippen molar-refractivity contribution in [1.29, 1.82) is 0 Å². The van der Waals surface area contributed by atoms with Gasteiger partial charge in [0, 0.05) is 11.7 Å². The van der Waals surface area contributed by atoms with Gasteiger partial charge in [0.05, 0.1) is 13.0 Å². The fourth-order valence-electron chi connectivity index (χ4n) is 1.64. The second-order valence-electron chi connectivity index (χ2n) is 4.11. The summed E-state index contributed by atoms with van der Waals surface area (Å²) in [6, 6.07) is 8.36. The predicted molar refractivity (Wildman–Crippen MR) is 70.2 cm³/mol. The van der Waals surface area contributed by atoms with Gasteiger partial charge in [0.1, 0.15) is 0 Å². The van der Waals surface area contributed by atoms with Crippen molar-refractivity contribution in [3.05, 3.63) is 29.8 Å². The van der Waals surface area contributed by atoms with Crippen LogP contribution >= 0.6 is 0 Å². The SMILES string of the molecule is CCOC(=O)CC(C)Nc1ccc(CC)cc1. The Kier molecular flexibility index (Phi) is 5.53. The molecule has 0 aliphatic rings. The highest BCUT2D eigenvalue weighted by Crippen LogP contribution is 2.12. The van der Waals surface area contributed by atoms with Crippen molar-refractivity contribution in [2.24, 2.45) is 0 Å². The third-order valence-electron chi connectivity index (χ3n) is 2.55. The Labute approximate surface area is 103 Å². The minimum atomic E-state index is -0.155. The number of hydrogen-bond donors (Lipinski definition) is 1. The predicted octanol–water partition coefficient (Wildman–Crippen LogP) is 3.00. The van der Waals surface area contributed by atoms with Crippen molar-refractivity contribution in [2.45, 2.75) is 39.7 Å². The van der Waals surface area contributed by atoms with Gasteiger partial charge in [-0.25, -0.2) is 0 Å². The van der Waals surface area contributed by atoms with Crippen LogP contribution in [0.2, 0.25) is 0 Å². The van der Waals surface area contributed by atoms with E-state index in [1.54, 1.807) is 0 Å². The third-order valence-corrected chi connectivity index (χ3v) is 2.55. The van der Waals surface area contributed by atoms with Crippen molar-refractivity contribution in [1.82, 2.24) is 0 Å². The summed E-state index contributed by atoms with van der Waals surface area (Å²) in [4.78, 5) is 11.3. The lowest BCUT2D eigenvalue weighted by atomic mass is 10.1. The lowest BCUT2D eigenvalue weighted by molar-refractivity contribution is -0.143. The molecule has 0 saturated carbocycles. The van der Waals surface area contributed by atoms with Gasteiger partial charge < -0.3 is 10.1 Å². The number of anilines is 1. The van der Waals surface area contributed by atoms with Gasteiger partial charge in [-0.1, -0.05) is 19.1 Å². The van der Waals surface area contributed by atoms with Crippen molar-refractivity contribution >= 4 is 11.7 Å². The van der Waals surface area contributed by atoms with Crippen LogP contribution < -0.4 is 5.32 Å². The molecule has 0 aromatic heterocycles. The molecule has 0 saturated heterocycles. The fraction of sp³-hybridized carbons (Fsp3) is 0.500. The van der Waals surface area contributed by atoms with E-state index in [0.29, 0.717) is 13.0 Å². The minimum absolute atomic E-state index is 0.0847. The van der Waals surface area contributed by atoms with Crippen LogP contribution in [0.25, 0.3) is 0 Å². The molecule has 0 spiro atoms. The van der Waals surface area contributed by atoms with Gasteiger partial charge in [-0.3, -0.25) is 4.79 Å². The maximum Gasteiger partial charge on any atom is 0.307 e. The monoisotopic (exact) mass is 235 g/mol. The molecule has 0 amide bonds. The Balaban J connectivity index is 2.44. The number of hydrogen-bond acceptors (Lipinski definition) is 3. The molecular formula is C14H21NO2. The summed E-state index contributed by atoms with van der Waals surface area (Å²) in [5.41, 5.74) is 2.35. The second kappa shape index (κ2) is 6.94. The highest BCUT2D eigenvalue weighted by molar-refractivity contribution is 5.70. The highest BCUT2D eigenvalue weighted by Gasteiger charge is 2.09. The molecule has 17 heavy (non-hydrogen) atoms. The number of ether oxygens (including phenoxy) is 1. The van der Waals surface area contributed by atoms with Gasteiger partial charge in [0.2, 0.25) is 0 Å². The summed E-state index contributed by atoms with van der Waals surface area (Å²) in [5, 5.41) is 3.28. The molecule has 94 valence electrons. The van der Waals surface area contributed by atoms with Crippen LogP contribution in [0.4, 0.5) is 5.69 Å². The zero-order chi connectivity index (χ0) is 12.7. The molecule has 1 unspecified atom stereocenters. The largest absolute Gasteiger partial charge is 0.466 e. The van der Waals surface area contributed by atoms with E-state index >= 15 is 0 Å². The molecule has 1 N–H and O–H groups in total. The summed E-state index contributed by atoms with van der Waals surface area (Å²) >= 11 is 0. The van der Waals surface area contributed by atoms with Crippen LogP contribution in [0.15, 0.2) is 24.3 Å². The van der Waals surface area contributed by atoms with Gasteiger partial charge >= 0.3 is 5.97 Å². The molecule has 0 radical (unpaired) electrons. The van der Waals surface area contributed by atoms with E-state index in [2.05, 4.69) is 24.4 Å². The Morgan fingerprint density at radius 1 is 1.29 bits per heavy atom. The Morgan fingerprint density at radius 3 is 2.47 bits per heavy atom. The zero-order valence-corrected chi connectivity index (χ0v) is 10.8. The van der Waals surface area contributed by atoms with Crippen molar-refractivity contribution in [3.63, 3.8) is 0 Å². The summed E-state index contributed by atoms with van der Waals surface area (Å²) in [6.07, 6.45) is 1.43. The smallest absolute Gasteiger partial charge is 0.307 e. The summed E-state index contributed by atoms with van der Waals surface area (Å²) in [5.74, 6) is -0.155. The Bertz CT molecular complexity index is 346. The van der Waals surface area contributed by atoms with Crippen LogP contribution in [0.5, 0.6) is 0 Å². The molecule has 1 aromatic rings. The zero-order valence-electron chi connectivity index (χ0n) is 10.8. The number of carbonyl (C=O) groups excluding carboxylic acids is 1. The molecule has 1 aromatic carbocycles. The first-order valence-corrected chi connectivity index (χ1v) is 6.16. The first-order valence-electron chi connectivity index (χ1n) is 6.16. The second-order valence-corrected chi connectivity index (χ2v) is 4.11. The van der Waals surface area contributed by atoms with Crippen LogP contribution in [0, 0.1) is 0 Å². The fourth-order valence-corrected chi connectivity index (χ4v) is 1.64. The molecule has 0 aliphatic heterocycles. The average molecular weight is 235 g/mol. The lowest BCUT2D eigenvalue weighted by Crippen LogP contribution is -2.20. The standard InChI is InChI=1S/C14H21NO2/c1-4-12-6-8-13(9-7-12)15-11(3)10-14(16)17-5-2/h6-9,11,15H,4-5,10H2,1-3H3. The molecule has 1 rings (SSSR count). The topological polar surface area (TPSA) is 38.3 Å². The maximum atomic E-state index is 11.3. The van der Waals surface area contributed by atoms with Crippen LogP contribution in [-0.4, -0.2) is 18.6 Å². The van der Waals surface area contributed by atoms with Crippen molar-refractivity contribution in [2.75, 3.05) is 11.9 Å². The van der Waals surface area contributed by atoms with Crippen LogP contribution in [-0.2, 0) is 16.0 Å². The molecule has 3 nitrogen and oxygen atoms in total. The average Bonchev–Trinajstić information content (AvgIpc) is 2.30. The number of carbonyl (C=O) groups is 1. The molecule has 0 heterocycles. The molecule has 0 bridgehead atoms. The normalized spacial score (nSPS) is 11.9. The van der Waals surface area contributed by atoms with E-state index in [9.17, 15) is 4.79 Å². The number of nitrogens with one attached hydrogen (secondary N) is 1. The molecular weight excluding hydrogens is 214 g/mol.